The number of alkyl halides is 3. The summed E-state index contributed by atoms with van der Waals surface area (Å²) in [6.45, 7) is -1.82. The van der Waals surface area contributed by atoms with Crippen molar-refractivity contribution in [1.29, 1.82) is 0 Å². The summed E-state index contributed by atoms with van der Waals surface area (Å²) in [5.41, 5.74) is 5.63. The third-order valence-electron chi connectivity index (χ3n) is 2.17. The van der Waals surface area contributed by atoms with Gasteiger partial charge in [0.25, 0.3) is 0 Å². The molecule has 7 heteroatoms. The van der Waals surface area contributed by atoms with Crippen molar-refractivity contribution >= 4 is 0 Å². The Morgan fingerprint density at radius 3 is 2.50 bits per heavy atom. The summed E-state index contributed by atoms with van der Waals surface area (Å²) < 4.78 is 58.2. The molecule has 3 nitrogen and oxygen atoms in total. The largest absolute Gasteiger partial charge is 0.497 e. The molecule has 0 radical (unpaired) electrons. The lowest BCUT2D eigenvalue weighted by molar-refractivity contribution is -0.174. The van der Waals surface area contributed by atoms with Crippen LogP contribution in [0.25, 0.3) is 0 Å². The summed E-state index contributed by atoms with van der Waals surface area (Å²) >= 11 is 0. The van der Waals surface area contributed by atoms with Crippen molar-refractivity contribution in [3.63, 3.8) is 0 Å². The fourth-order valence-corrected chi connectivity index (χ4v) is 1.33. The number of halogens is 4. The van der Waals surface area contributed by atoms with Crippen LogP contribution in [0.5, 0.6) is 5.75 Å². The van der Waals surface area contributed by atoms with Crippen LogP contribution in [0, 0.1) is 5.82 Å². The lowest BCUT2D eigenvalue weighted by Gasteiger charge is -2.15. The van der Waals surface area contributed by atoms with E-state index in [4.69, 9.17) is 10.5 Å². The zero-order valence-corrected chi connectivity index (χ0v) is 9.63. The standard InChI is InChI=1S/C11H13F4NO2/c1-17-7-2-3-8(9(12)4-7)10(16)5-18-6-11(13,14)15/h2-4,10H,5-6,16H2,1H3. The summed E-state index contributed by atoms with van der Waals surface area (Å²) in [7, 11) is 1.38. The topological polar surface area (TPSA) is 44.5 Å². The van der Waals surface area contributed by atoms with Crippen molar-refractivity contribution in [2.75, 3.05) is 20.3 Å². The monoisotopic (exact) mass is 267 g/mol. The molecule has 0 aromatic heterocycles. The van der Waals surface area contributed by atoms with Gasteiger partial charge in [-0.25, -0.2) is 4.39 Å². The highest BCUT2D eigenvalue weighted by Gasteiger charge is 2.28. The Bertz CT molecular complexity index is 395. The van der Waals surface area contributed by atoms with E-state index in [0.29, 0.717) is 5.75 Å². The van der Waals surface area contributed by atoms with Crippen LogP contribution in [0.2, 0.25) is 0 Å². The molecule has 0 bridgehead atoms. The van der Waals surface area contributed by atoms with Gasteiger partial charge in [-0.3, -0.25) is 0 Å². The molecule has 0 saturated heterocycles. The SMILES string of the molecule is COc1ccc(C(N)COCC(F)(F)F)c(F)c1. The van der Waals surface area contributed by atoms with Crippen molar-refractivity contribution in [3.05, 3.63) is 29.6 Å². The van der Waals surface area contributed by atoms with Gasteiger partial charge >= 0.3 is 6.18 Å². The van der Waals surface area contributed by atoms with Gasteiger partial charge in [-0.15, -0.1) is 0 Å². The zero-order chi connectivity index (χ0) is 13.8. The van der Waals surface area contributed by atoms with E-state index in [1.54, 1.807) is 0 Å². The molecule has 0 aliphatic heterocycles. The van der Waals surface area contributed by atoms with Gasteiger partial charge in [0, 0.05) is 11.6 Å². The van der Waals surface area contributed by atoms with Gasteiger partial charge in [0.05, 0.1) is 19.8 Å². The third-order valence-corrected chi connectivity index (χ3v) is 2.17. The smallest absolute Gasteiger partial charge is 0.411 e. The van der Waals surface area contributed by atoms with E-state index in [0.717, 1.165) is 6.07 Å². The van der Waals surface area contributed by atoms with Crippen LogP contribution < -0.4 is 10.5 Å². The minimum atomic E-state index is -4.42. The highest BCUT2D eigenvalue weighted by molar-refractivity contribution is 5.30. The lowest BCUT2D eigenvalue weighted by Crippen LogP contribution is -2.23. The minimum Gasteiger partial charge on any atom is -0.497 e. The van der Waals surface area contributed by atoms with Gasteiger partial charge in [-0.1, -0.05) is 6.07 Å². The van der Waals surface area contributed by atoms with Crippen LogP contribution in [-0.2, 0) is 4.74 Å². The van der Waals surface area contributed by atoms with Gasteiger partial charge in [0.15, 0.2) is 0 Å². The number of hydrogen-bond donors (Lipinski definition) is 1. The highest BCUT2D eigenvalue weighted by Crippen LogP contribution is 2.21. The fourth-order valence-electron chi connectivity index (χ4n) is 1.33. The third kappa shape index (κ3) is 4.50. The maximum Gasteiger partial charge on any atom is 0.411 e. The van der Waals surface area contributed by atoms with E-state index in [-0.39, 0.29) is 5.56 Å². The maximum absolute atomic E-state index is 13.5. The highest BCUT2D eigenvalue weighted by atomic mass is 19.4. The average Bonchev–Trinajstić information content (AvgIpc) is 2.26. The first-order chi connectivity index (χ1) is 8.33. The van der Waals surface area contributed by atoms with Gasteiger partial charge in [-0.2, -0.15) is 13.2 Å². The van der Waals surface area contributed by atoms with E-state index < -0.39 is 31.2 Å². The van der Waals surface area contributed by atoms with Gasteiger partial charge in [0.1, 0.15) is 18.2 Å². The van der Waals surface area contributed by atoms with Crippen LogP contribution in [0.15, 0.2) is 18.2 Å². The van der Waals surface area contributed by atoms with Crippen LogP contribution in [0.3, 0.4) is 0 Å². The molecule has 0 aliphatic rings. The Morgan fingerprint density at radius 1 is 1.33 bits per heavy atom. The van der Waals surface area contributed by atoms with E-state index in [2.05, 4.69) is 4.74 Å². The Kier molecular flexibility index (Phi) is 4.92. The van der Waals surface area contributed by atoms with E-state index in [9.17, 15) is 17.6 Å². The van der Waals surface area contributed by atoms with Gasteiger partial charge < -0.3 is 15.2 Å². The molecule has 1 atom stereocenters. The molecule has 1 aromatic rings. The summed E-state index contributed by atoms with van der Waals surface area (Å²) in [5.74, 6) is -0.336. The molecular weight excluding hydrogens is 254 g/mol. The summed E-state index contributed by atoms with van der Waals surface area (Å²) in [6.07, 6.45) is -4.42. The number of methoxy groups -OCH3 is 1. The van der Waals surface area contributed by atoms with Crippen molar-refractivity contribution in [2.45, 2.75) is 12.2 Å². The van der Waals surface area contributed by atoms with Crippen molar-refractivity contribution in [1.82, 2.24) is 0 Å². The molecule has 0 aliphatic carbocycles. The molecule has 0 heterocycles. The van der Waals surface area contributed by atoms with E-state index in [1.807, 2.05) is 0 Å². The van der Waals surface area contributed by atoms with Gasteiger partial charge in [-0.05, 0) is 6.07 Å². The second-order valence-corrected chi connectivity index (χ2v) is 3.62. The lowest BCUT2D eigenvalue weighted by atomic mass is 10.1. The molecular formula is C11H13F4NO2. The molecule has 0 fully saturated rings. The number of rotatable bonds is 5. The summed E-state index contributed by atoms with van der Waals surface area (Å²) in [6, 6.07) is 2.98. The van der Waals surface area contributed by atoms with Crippen LogP contribution in [0.1, 0.15) is 11.6 Å². The summed E-state index contributed by atoms with van der Waals surface area (Å²) in [5, 5.41) is 0. The number of nitrogens with two attached hydrogens (primary N) is 1. The molecule has 1 unspecified atom stereocenters. The Balaban J connectivity index is 2.59. The first kappa shape index (κ1) is 14.7. The quantitative estimate of drug-likeness (QED) is 0.833. The number of hydrogen-bond acceptors (Lipinski definition) is 3. The van der Waals surface area contributed by atoms with Crippen LogP contribution in [-0.4, -0.2) is 26.5 Å². The van der Waals surface area contributed by atoms with Crippen molar-refractivity contribution in [2.24, 2.45) is 5.73 Å². The predicted octanol–water partition coefficient (Wildman–Crippen LogP) is 2.41. The first-order valence-corrected chi connectivity index (χ1v) is 5.07. The average molecular weight is 267 g/mol. The number of ether oxygens (including phenoxy) is 2. The normalized spacial score (nSPS) is 13.4. The second kappa shape index (κ2) is 6.01. The molecule has 102 valence electrons. The van der Waals surface area contributed by atoms with E-state index >= 15 is 0 Å². The predicted molar refractivity (Wildman–Crippen MR) is 56.8 cm³/mol. The fraction of sp³-hybridized carbons (Fsp3) is 0.455. The first-order valence-electron chi connectivity index (χ1n) is 5.07. The Hall–Kier alpha value is -1.34. The van der Waals surface area contributed by atoms with Crippen molar-refractivity contribution < 1.29 is 27.0 Å². The molecule has 0 saturated carbocycles. The summed E-state index contributed by atoms with van der Waals surface area (Å²) in [4.78, 5) is 0. The molecule has 1 aromatic carbocycles. The van der Waals surface area contributed by atoms with E-state index in [1.165, 1.54) is 19.2 Å². The maximum atomic E-state index is 13.5. The molecule has 1 rings (SSSR count). The molecule has 18 heavy (non-hydrogen) atoms. The minimum absolute atomic E-state index is 0.0815. The Morgan fingerprint density at radius 2 is 2.00 bits per heavy atom. The zero-order valence-electron chi connectivity index (χ0n) is 9.63. The molecule has 0 spiro atoms. The van der Waals surface area contributed by atoms with Gasteiger partial charge in [0.2, 0.25) is 0 Å². The second-order valence-electron chi connectivity index (χ2n) is 3.62. The molecule has 2 N–H and O–H groups in total. The van der Waals surface area contributed by atoms with Crippen LogP contribution >= 0.6 is 0 Å². The van der Waals surface area contributed by atoms with Crippen LogP contribution in [0.4, 0.5) is 17.6 Å². The number of benzene rings is 1. The van der Waals surface area contributed by atoms with Crippen molar-refractivity contribution in [3.8, 4) is 5.75 Å². The Labute approximate surface area is 101 Å². The molecule has 0 amide bonds.